The minimum Gasteiger partial charge on any atom is -0.465 e. The molecule has 0 amide bonds. The maximum atomic E-state index is 13.8. The summed E-state index contributed by atoms with van der Waals surface area (Å²) in [7, 11) is 0. The van der Waals surface area contributed by atoms with Gasteiger partial charge in [0.1, 0.15) is 12.4 Å². The summed E-state index contributed by atoms with van der Waals surface area (Å²) in [6.45, 7) is 14.1. The van der Waals surface area contributed by atoms with Crippen LogP contribution in [-0.2, 0) is 28.7 Å². The second kappa shape index (κ2) is 21.7. The normalized spacial score (nSPS) is 23.4. The molecule has 274 valence electrons. The average Bonchev–Trinajstić information content (AvgIpc) is 3.09. The number of Topliss-reactive ketones (excluding diaryl/α,β-unsaturated/α-hetero) is 1. The number of ketones is 1. The first kappa shape index (κ1) is 41.9. The second-order valence-corrected chi connectivity index (χ2v) is 14.5. The van der Waals surface area contributed by atoms with Crippen LogP contribution in [0, 0.1) is 11.8 Å². The predicted molar refractivity (Wildman–Crippen MR) is 191 cm³/mol. The van der Waals surface area contributed by atoms with Crippen molar-refractivity contribution in [1.82, 2.24) is 5.06 Å². The molecule has 0 bridgehead atoms. The average molecular weight is 674 g/mol. The molecule has 1 saturated heterocycles. The summed E-state index contributed by atoms with van der Waals surface area (Å²) >= 11 is 0. The van der Waals surface area contributed by atoms with E-state index < -0.39 is 29.1 Å². The van der Waals surface area contributed by atoms with E-state index >= 15 is 0 Å². The van der Waals surface area contributed by atoms with E-state index in [1.807, 2.05) is 70.0 Å². The largest absolute Gasteiger partial charge is 0.465 e. The van der Waals surface area contributed by atoms with Crippen LogP contribution >= 0.6 is 0 Å². The Kier molecular flexibility index (Phi) is 19.0. The summed E-state index contributed by atoms with van der Waals surface area (Å²) in [5, 5.41) is 11.3. The van der Waals surface area contributed by atoms with Gasteiger partial charge in [-0.3, -0.25) is 14.4 Å². The topological polar surface area (TPSA) is 102 Å². The van der Waals surface area contributed by atoms with Gasteiger partial charge in [0.2, 0.25) is 0 Å². The van der Waals surface area contributed by atoms with Crippen LogP contribution in [0.3, 0.4) is 0 Å². The molecule has 1 aromatic rings. The highest BCUT2D eigenvalue weighted by Crippen LogP contribution is 2.45. The van der Waals surface area contributed by atoms with Gasteiger partial charge < -0.3 is 14.6 Å². The molecule has 1 aromatic carbocycles. The van der Waals surface area contributed by atoms with E-state index in [0.29, 0.717) is 32.3 Å². The summed E-state index contributed by atoms with van der Waals surface area (Å²) in [6, 6.07) is 10.0. The van der Waals surface area contributed by atoms with Crippen LogP contribution in [0.4, 0.5) is 0 Å². The van der Waals surface area contributed by atoms with Crippen molar-refractivity contribution in [3.63, 3.8) is 0 Å². The highest BCUT2D eigenvalue weighted by molar-refractivity contribution is 5.84. The van der Waals surface area contributed by atoms with Crippen molar-refractivity contribution < 1.29 is 33.8 Å². The number of nitrogens with zero attached hydrogens (tertiary/aromatic N) is 1. The third-order valence-electron chi connectivity index (χ3n) is 10.8. The quantitative estimate of drug-likeness (QED) is 0.0859. The van der Waals surface area contributed by atoms with Crippen molar-refractivity contribution in [3.8, 4) is 0 Å². The lowest BCUT2D eigenvalue weighted by Gasteiger charge is -2.56. The lowest BCUT2D eigenvalue weighted by molar-refractivity contribution is -0.315. The number of carbonyl (C=O) groups is 3. The number of aliphatic hydroxyl groups is 1. The van der Waals surface area contributed by atoms with Gasteiger partial charge in [-0.05, 0) is 57.4 Å². The lowest BCUT2D eigenvalue weighted by Crippen LogP contribution is -2.67. The number of hydroxylamine groups is 2. The fourth-order valence-corrected chi connectivity index (χ4v) is 7.03. The maximum Gasteiger partial charge on any atom is 0.337 e. The standard InChI is InChI=1S/C40H67NO7/c1-8-11-12-13-14-15-16-17-18-22-26-46-37(44)34(28-31(4)33-23-20-19-21-24-33)29-36(38(45)47-27-25-42)48-41-39(6,9-2)30-35(43)32(5)40(41,7)10-3/h19-21,23-24,31-32,34,36,42H,8-18,22,25-30H2,1-7H3. The Morgan fingerprint density at radius 2 is 1.44 bits per heavy atom. The number of hydrogen-bond donors (Lipinski definition) is 1. The van der Waals surface area contributed by atoms with Crippen LogP contribution in [0.25, 0.3) is 0 Å². The molecule has 2 rings (SSSR count). The van der Waals surface area contributed by atoms with Crippen LogP contribution in [0.2, 0.25) is 0 Å². The Morgan fingerprint density at radius 3 is 2.00 bits per heavy atom. The molecule has 1 aliphatic heterocycles. The first-order chi connectivity index (χ1) is 23.0. The summed E-state index contributed by atoms with van der Waals surface area (Å²) in [4.78, 5) is 47.2. The predicted octanol–water partition coefficient (Wildman–Crippen LogP) is 8.73. The van der Waals surface area contributed by atoms with Crippen molar-refractivity contribution in [2.45, 2.75) is 168 Å². The molecule has 0 aliphatic carbocycles. The summed E-state index contributed by atoms with van der Waals surface area (Å²) in [5.74, 6) is -1.70. The first-order valence-corrected chi connectivity index (χ1v) is 19.0. The van der Waals surface area contributed by atoms with Crippen molar-refractivity contribution in [2.75, 3.05) is 19.8 Å². The number of hydrogen-bond acceptors (Lipinski definition) is 8. The molecule has 6 atom stereocenters. The number of esters is 2. The smallest absolute Gasteiger partial charge is 0.337 e. The van der Waals surface area contributed by atoms with Crippen molar-refractivity contribution >= 4 is 17.7 Å². The molecule has 1 heterocycles. The Morgan fingerprint density at radius 1 is 0.854 bits per heavy atom. The molecule has 1 N–H and O–H groups in total. The molecular weight excluding hydrogens is 606 g/mol. The molecule has 48 heavy (non-hydrogen) atoms. The number of ether oxygens (including phenoxy) is 2. The number of benzene rings is 1. The van der Waals surface area contributed by atoms with Crippen molar-refractivity contribution in [2.24, 2.45) is 11.8 Å². The fraction of sp³-hybridized carbons (Fsp3) is 0.775. The van der Waals surface area contributed by atoms with Crippen molar-refractivity contribution in [3.05, 3.63) is 35.9 Å². The fourth-order valence-electron chi connectivity index (χ4n) is 7.03. The Bertz CT molecular complexity index is 1080. The number of aliphatic hydroxyl groups excluding tert-OH is 1. The number of piperidine rings is 1. The van der Waals surface area contributed by atoms with Gasteiger partial charge in [-0.2, -0.15) is 5.06 Å². The molecule has 0 aromatic heterocycles. The summed E-state index contributed by atoms with van der Waals surface area (Å²) < 4.78 is 11.3. The maximum absolute atomic E-state index is 13.8. The third-order valence-corrected chi connectivity index (χ3v) is 10.8. The zero-order valence-corrected chi connectivity index (χ0v) is 31.3. The zero-order valence-electron chi connectivity index (χ0n) is 31.3. The van der Waals surface area contributed by atoms with Gasteiger partial charge in [-0.1, -0.05) is 123 Å². The molecule has 8 heteroatoms. The van der Waals surface area contributed by atoms with E-state index in [1.165, 1.54) is 44.9 Å². The molecule has 8 nitrogen and oxygen atoms in total. The van der Waals surface area contributed by atoms with E-state index in [2.05, 4.69) is 13.8 Å². The molecule has 0 radical (unpaired) electrons. The van der Waals surface area contributed by atoms with E-state index in [1.54, 1.807) is 0 Å². The van der Waals surface area contributed by atoms with E-state index in [9.17, 15) is 19.5 Å². The van der Waals surface area contributed by atoms with Gasteiger partial charge in [0.15, 0.2) is 6.10 Å². The lowest BCUT2D eigenvalue weighted by atomic mass is 9.70. The molecule has 0 spiro atoms. The number of unbranched alkanes of at least 4 members (excludes halogenated alkanes) is 9. The van der Waals surface area contributed by atoms with Gasteiger partial charge >= 0.3 is 11.9 Å². The minimum atomic E-state index is -1.12. The van der Waals surface area contributed by atoms with Crippen LogP contribution in [-0.4, -0.2) is 64.9 Å². The Labute approximate surface area is 291 Å². The Balaban J connectivity index is 2.22. The molecule has 0 saturated carbocycles. The van der Waals surface area contributed by atoms with Gasteiger partial charge in [0.25, 0.3) is 0 Å². The van der Waals surface area contributed by atoms with Gasteiger partial charge in [-0.15, -0.1) is 0 Å². The van der Waals surface area contributed by atoms with Crippen LogP contribution in [0.15, 0.2) is 30.3 Å². The highest BCUT2D eigenvalue weighted by Gasteiger charge is 2.55. The van der Waals surface area contributed by atoms with E-state index in [4.69, 9.17) is 14.3 Å². The second-order valence-electron chi connectivity index (χ2n) is 14.5. The first-order valence-electron chi connectivity index (χ1n) is 19.0. The monoisotopic (exact) mass is 673 g/mol. The van der Waals surface area contributed by atoms with Gasteiger partial charge in [-0.25, -0.2) is 4.79 Å². The molecule has 1 fully saturated rings. The minimum absolute atomic E-state index is 0.0321. The highest BCUT2D eigenvalue weighted by atomic mass is 16.7. The van der Waals surface area contributed by atoms with Gasteiger partial charge in [0, 0.05) is 12.3 Å². The molecular formula is C40H67NO7. The molecule has 1 aliphatic rings. The van der Waals surface area contributed by atoms with Crippen molar-refractivity contribution in [1.29, 1.82) is 0 Å². The number of rotatable bonds is 24. The van der Waals surface area contributed by atoms with E-state index in [0.717, 1.165) is 24.8 Å². The zero-order chi connectivity index (χ0) is 35.6. The third kappa shape index (κ3) is 12.5. The van der Waals surface area contributed by atoms with E-state index in [-0.39, 0.29) is 43.2 Å². The summed E-state index contributed by atoms with van der Waals surface area (Å²) in [5.41, 5.74) is -0.212. The molecule has 6 unspecified atom stereocenters. The van der Waals surface area contributed by atoms with Crippen LogP contribution < -0.4 is 0 Å². The Hall–Kier alpha value is -2.29. The van der Waals surface area contributed by atoms with Crippen LogP contribution in [0.5, 0.6) is 0 Å². The number of carbonyl (C=O) groups excluding carboxylic acids is 3. The van der Waals surface area contributed by atoms with Gasteiger partial charge in [0.05, 0.1) is 30.2 Å². The SMILES string of the molecule is CCCCCCCCCCCCOC(=O)C(CC(ON1C(C)(CC)CC(=O)C(C)C1(C)CC)C(=O)OCCO)CC(C)c1ccccc1. The van der Waals surface area contributed by atoms with Crippen LogP contribution in [0.1, 0.15) is 156 Å². The summed E-state index contributed by atoms with van der Waals surface area (Å²) in [6.07, 6.45) is 12.9.